The van der Waals surface area contributed by atoms with Crippen molar-refractivity contribution in [3.8, 4) is 0 Å². The Hall–Kier alpha value is -2.70. The van der Waals surface area contributed by atoms with Crippen molar-refractivity contribution in [2.45, 2.75) is 63.6 Å². The van der Waals surface area contributed by atoms with E-state index in [1.807, 2.05) is 73.7 Å². The Morgan fingerprint density at radius 3 is 1.97 bits per heavy atom. The molecule has 186 valence electrons. The smallest absolute Gasteiger partial charge is 0.374 e. The molecule has 0 radical (unpaired) electrons. The van der Waals surface area contributed by atoms with Crippen LogP contribution in [0.5, 0.6) is 0 Å². The number of hydrogen-bond donors (Lipinski definition) is 2. The Bertz CT molecular complexity index is 1170. The van der Waals surface area contributed by atoms with Gasteiger partial charge in [0.25, 0.3) is 11.3 Å². The van der Waals surface area contributed by atoms with E-state index >= 15 is 0 Å². The van der Waals surface area contributed by atoms with Crippen molar-refractivity contribution in [3.05, 3.63) is 106 Å². The van der Waals surface area contributed by atoms with Gasteiger partial charge in [0, 0.05) is 24.8 Å². The average Bonchev–Trinajstić information content (AvgIpc) is 2.81. The number of nitrogens with zero attached hydrogens (tertiary/aromatic N) is 1. The van der Waals surface area contributed by atoms with E-state index in [1.54, 1.807) is 0 Å². The normalized spacial score (nSPS) is 15.2. The Morgan fingerprint density at radius 1 is 0.914 bits per heavy atom. The van der Waals surface area contributed by atoms with E-state index in [9.17, 15) is 19.1 Å². The number of aromatic nitrogens is 1. The zero-order valence-corrected chi connectivity index (χ0v) is 20.8. The summed E-state index contributed by atoms with van der Waals surface area (Å²) in [5.74, 6) is -1.71. The molecule has 1 saturated carbocycles. The fraction of sp³-hybridized carbons (Fsp3) is 0.370. The van der Waals surface area contributed by atoms with Crippen molar-refractivity contribution in [1.29, 1.82) is 0 Å². The topological polar surface area (TPSA) is 98.0 Å². The molecule has 1 aliphatic carbocycles. The van der Waals surface area contributed by atoms with Gasteiger partial charge in [0.15, 0.2) is 0 Å². The molecule has 1 heterocycles. The van der Waals surface area contributed by atoms with Gasteiger partial charge in [-0.15, -0.1) is 4.73 Å². The van der Waals surface area contributed by atoms with Crippen LogP contribution < -0.4 is 10.4 Å². The molecule has 0 bridgehead atoms. The molecular formula is C27H32NO6P. The highest BCUT2D eigenvalue weighted by atomic mass is 31.2. The zero-order chi connectivity index (χ0) is 24.9. The van der Waals surface area contributed by atoms with Crippen LogP contribution in [-0.4, -0.2) is 20.3 Å². The van der Waals surface area contributed by atoms with E-state index in [0.717, 1.165) is 54.5 Å². The maximum absolute atomic E-state index is 13.2. The molecule has 0 unspecified atom stereocenters. The highest BCUT2D eigenvalue weighted by Crippen LogP contribution is 2.44. The minimum atomic E-state index is -5.01. The molecule has 0 amide bonds. The molecule has 0 aliphatic heterocycles. The molecule has 1 fully saturated rings. The molecule has 35 heavy (non-hydrogen) atoms. The monoisotopic (exact) mass is 497 g/mol. The van der Waals surface area contributed by atoms with Crippen molar-refractivity contribution in [2.24, 2.45) is 0 Å². The van der Waals surface area contributed by atoms with Gasteiger partial charge in [-0.05, 0) is 42.5 Å². The third-order valence-corrected chi connectivity index (χ3v) is 6.93. The Kier molecular flexibility index (Phi) is 7.92. The van der Waals surface area contributed by atoms with Gasteiger partial charge >= 0.3 is 7.82 Å². The number of phosphoric acid groups is 1. The SMILES string of the molecule is Cc1cc(C2CCCCC2)n(OC(Cc2ccccc2)(Cc2ccccc2)OP(=O)(O)O)c(=O)c1. The molecule has 0 atom stereocenters. The van der Waals surface area contributed by atoms with Crippen LogP contribution in [0.1, 0.15) is 60.4 Å². The van der Waals surface area contributed by atoms with Crippen LogP contribution >= 0.6 is 7.82 Å². The van der Waals surface area contributed by atoms with Crippen LogP contribution in [0.2, 0.25) is 0 Å². The quantitative estimate of drug-likeness (QED) is 0.322. The van der Waals surface area contributed by atoms with Crippen LogP contribution in [0, 0.1) is 6.92 Å². The number of aryl methyl sites for hydroxylation is 1. The van der Waals surface area contributed by atoms with E-state index in [1.165, 1.54) is 10.8 Å². The summed E-state index contributed by atoms with van der Waals surface area (Å²) in [4.78, 5) is 39.5. The second-order valence-corrected chi connectivity index (χ2v) is 10.5. The Morgan fingerprint density at radius 2 is 1.46 bits per heavy atom. The second kappa shape index (κ2) is 10.9. The molecule has 0 saturated heterocycles. The van der Waals surface area contributed by atoms with Gasteiger partial charge in [0.05, 0.1) is 5.69 Å². The largest absolute Gasteiger partial charge is 0.473 e. The third-order valence-electron chi connectivity index (χ3n) is 6.36. The lowest BCUT2D eigenvalue weighted by molar-refractivity contribution is -0.197. The number of hydrogen-bond acceptors (Lipinski definition) is 4. The first-order chi connectivity index (χ1) is 16.7. The predicted octanol–water partition coefficient (Wildman–Crippen LogP) is 4.92. The van der Waals surface area contributed by atoms with Crippen molar-refractivity contribution in [3.63, 3.8) is 0 Å². The summed E-state index contributed by atoms with van der Waals surface area (Å²) in [5, 5.41) is 0. The molecule has 3 aromatic rings. The standard InChI is InChI=1S/C27H32NO6P/c1-21-17-25(24-15-9-4-10-16-24)28(26(29)18-21)33-27(34-35(30,31)32,19-22-11-5-2-6-12-22)20-23-13-7-3-8-14-23/h2-3,5-8,11-14,17-18,24H,4,9-10,15-16,19-20H2,1H3,(H2,30,31,32). The molecule has 2 aromatic carbocycles. The summed E-state index contributed by atoms with van der Waals surface area (Å²) < 4.78 is 18.9. The van der Waals surface area contributed by atoms with E-state index in [-0.39, 0.29) is 24.3 Å². The lowest BCUT2D eigenvalue weighted by Gasteiger charge is -2.36. The number of rotatable bonds is 9. The maximum Gasteiger partial charge on any atom is 0.473 e. The van der Waals surface area contributed by atoms with Gasteiger partial charge in [-0.2, -0.15) is 0 Å². The first-order valence-corrected chi connectivity index (χ1v) is 13.5. The van der Waals surface area contributed by atoms with E-state index in [2.05, 4.69) is 0 Å². The van der Waals surface area contributed by atoms with Crippen LogP contribution in [0.4, 0.5) is 0 Å². The number of benzene rings is 2. The van der Waals surface area contributed by atoms with Crippen molar-refractivity contribution < 1.29 is 23.7 Å². The van der Waals surface area contributed by atoms with Gasteiger partial charge in [-0.1, -0.05) is 79.9 Å². The number of phosphoric ester groups is 1. The highest BCUT2D eigenvalue weighted by molar-refractivity contribution is 7.46. The van der Waals surface area contributed by atoms with Crippen LogP contribution in [0.15, 0.2) is 77.6 Å². The molecule has 4 rings (SSSR count). The second-order valence-electron chi connectivity index (χ2n) is 9.33. The van der Waals surface area contributed by atoms with Gasteiger partial charge in [0.1, 0.15) is 0 Å². The summed E-state index contributed by atoms with van der Waals surface area (Å²) >= 11 is 0. The first-order valence-electron chi connectivity index (χ1n) is 12.0. The van der Waals surface area contributed by atoms with Gasteiger partial charge in [-0.25, -0.2) is 9.09 Å². The third kappa shape index (κ3) is 6.92. The summed E-state index contributed by atoms with van der Waals surface area (Å²) in [6.07, 6.45) is 5.18. The predicted molar refractivity (Wildman–Crippen MR) is 134 cm³/mol. The fourth-order valence-electron chi connectivity index (χ4n) is 4.90. The molecular weight excluding hydrogens is 465 g/mol. The average molecular weight is 498 g/mol. The lowest BCUT2D eigenvalue weighted by Crippen LogP contribution is -2.50. The van der Waals surface area contributed by atoms with E-state index in [0.29, 0.717) is 0 Å². The van der Waals surface area contributed by atoms with Crippen molar-refractivity contribution in [2.75, 3.05) is 0 Å². The Balaban J connectivity index is 1.84. The van der Waals surface area contributed by atoms with Crippen molar-refractivity contribution >= 4 is 7.82 Å². The fourth-order valence-corrected chi connectivity index (χ4v) is 5.49. The van der Waals surface area contributed by atoms with E-state index < -0.39 is 13.6 Å². The molecule has 7 nitrogen and oxygen atoms in total. The summed E-state index contributed by atoms with van der Waals surface area (Å²) in [6, 6.07) is 21.8. The summed E-state index contributed by atoms with van der Waals surface area (Å²) in [7, 11) is -5.01. The highest BCUT2D eigenvalue weighted by Gasteiger charge is 2.43. The van der Waals surface area contributed by atoms with E-state index in [4.69, 9.17) is 9.36 Å². The summed E-state index contributed by atoms with van der Waals surface area (Å²) in [5.41, 5.74) is 2.68. The Labute approximate surface area is 205 Å². The van der Waals surface area contributed by atoms with Gasteiger partial charge in [-0.3, -0.25) is 4.79 Å². The van der Waals surface area contributed by atoms with Gasteiger partial charge in [0.2, 0.25) is 0 Å². The number of pyridine rings is 1. The minimum absolute atomic E-state index is 0.0261. The maximum atomic E-state index is 13.2. The molecule has 8 heteroatoms. The minimum Gasteiger partial charge on any atom is -0.374 e. The molecule has 2 N–H and O–H groups in total. The van der Waals surface area contributed by atoms with Crippen LogP contribution in [0.25, 0.3) is 0 Å². The van der Waals surface area contributed by atoms with Gasteiger partial charge < -0.3 is 14.6 Å². The zero-order valence-electron chi connectivity index (χ0n) is 19.9. The van der Waals surface area contributed by atoms with Crippen molar-refractivity contribution in [1.82, 2.24) is 4.73 Å². The van der Waals surface area contributed by atoms with Crippen LogP contribution in [-0.2, 0) is 21.9 Å². The molecule has 1 aromatic heterocycles. The molecule has 1 aliphatic rings. The first kappa shape index (κ1) is 25.4. The lowest BCUT2D eigenvalue weighted by atomic mass is 9.86. The molecule has 0 spiro atoms. The van der Waals surface area contributed by atoms with Crippen LogP contribution in [0.3, 0.4) is 0 Å². The summed E-state index contributed by atoms with van der Waals surface area (Å²) in [6.45, 7) is 1.87.